The van der Waals surface area contributed by atoms with E-state index in [-0.39, 0.29) is 55.2 Å². The van der Waals surface area contributed by atoms with Crippen molar-refractivity contribution in [3.8, 4) is 11.3 Å². The molecule has 44 heavy (non-hydrogen) atoms. The first kappa shape index (κ1) is 34.0. The molecule has 0 saturated carbocycles. The van der Waals surface area contributed by atoms with E-state index in [1.807, 2.05) is 45.9 Å². The maximum atomic E-state index is 11.7. The predicted octanol–water partition coefficient (Wildman–Crippen LogP) is 10.9. The van der Waals surface area contributed by atoms with Crippen molar-refractivity contribution in [2.24, 2.45) is 17.3 Å². The van der Waals surface area contributed by atoms with Gasteiger partial charge in [0.15, 0.2) is 5.78 Å². The van der Waals surface area contributed by atoms with Gasteiger partial charge in [-0.15, -0.1) is 41.0 Å². The first-order valence-electron chi connectivity index (χ1n) is 16.0. The molecule has 6 heteroatoms. The van der Waals surface area contributed by atoms with Gasteiger partial charge in [0.1, 0.15) is 7.67 Å². The van der Waals surface area contributed by atoms with Gasteiger partial charge >= 0.3 is 0 Å². The van der Waals surface area contributed by atoms with Crippen LogP contribution >= 0.6 is 11.3 Å². The smallest absolute Gasteiger partial charge is 0.162 e. The standard InChI is InChI=1S/C25H21N2S.C13H24O2.Ir/c1-25(2,3)14-16-8-11-20-21(12-16)28-24-22(26-15-27-23(20)24)19-10-9-17-6-4-5-7-18(17)13-19;1-5-10(6-2)12(14)9-13(15)11(7-3)8-4;/h4-12,15H,14H2,1-3H3;9-11,14H,5-8H2,1-4H3;/q-1;;/b;12-9-;/i15D;;. The van der Waals surface area contributed by atoms with E-state index >= 15 is 0 Å². The first-order chi connectivity index (χ1) is 21.0. The van der Waals surface area contributed by atoms with Crippen LogP contribution in [0.4, 0.5) is 0 Å². The molecule has 0 spiro atoms. The maximum Gasteiger partial charge on any atom is 0.162 e. The average molecular weight is 787 g/mol. The number of rotatable bonds is 9. The van der Waals surface area contributed by atoms with Crippen LogP contribution in [-0.4, -0.2) is 20.9 Å². The van der Waals surface area contributed by atoms with E-state index in [4.69, 9.17) is 1.37 Å². The van der Waals surface area contributed by atoms with Gasteiger partial charge in [0.05, 0.1) is 11.3 Å². The van der Waals surface area contributed by atoms with Crippen molar-refractivity contribution >= 4 is 48.2 Å². The van der Waals surface area contributed by atoms with E-state index in [0.717, 1.165) is 69.7 Å². The molecule has 5 aromatic rings. The number of carbonyl (C=O) groups excluding carboxylic acids is 1. The van der Waals surface area contributed by atoms with Crippen LogP contribution < -0.4 is 0 Å². The van der Waals surface area contributed by atoms with Gasteiger partial charge in [-0.25, -0.2) is 4.98 Å². The van der Waals surface area contributed by atoms with Crippen molar-refractivity contribution in [3.05, 3.63) is 84.4 Å². The molecular formula is C38H45IrN2O2S-. The Kier molecular flexibility index (Phi) is 12.3. The minimum atomic E-state index is 0. The molecule has 0 fully saturated rings. The number of hydrogen-bond donors (Lipinski definition) is 1. The second-order valence-corrected chi connectivity index (χ2v) is 13.5. The Hall–Kier alpha value is -2.92. The number of aliphatic hydroxyl groups is 1. The molecule has 235 valence electrons. The number of aromatic nitrogens is 2. The van der Waals surface area contributed by atoms with Crippen LogP contribution in [0.2, 0.25) is 0 Å². The average Bonchev–Trinajstić information content (AvgIpc) is 3.34. The molecule has 0 aliphatic heterocycles. The summed E-state index contributed by atoms with van der Waals surface area (Å²) in [7, 11) is 0. The van der Waals surface area contributed by atoms with Gasteiger partial charge in [-0.1, -0.05) is 89.7 Å². The van der Waals surface area contributed by atoms with Gasteiger partial charge in [0, 0.05) is 58.5 Å². The number of nitrogens with zero attached hydrogens (tertiary/aromatic N) is 2. The summed E-state index contributed by atoms with van der Waals surface area (Å²) >= 11 is 1.71. The van der Waals surface area contributed by atoms with Crippen LogP contribution in [0.1, 0.15) is 81.1 Å². The number of ketones is 1. The fourth-order valence-electron chi connectivity index (χ4n) is 5.51. The minimum absolute atomic E-state index is 0. The number of thiophene rings is 1. The van der Waals surface area contributed by atoms with E-state index in [1.54, 1.807) is 11.3 Å². The second kappa shape index (κ2) is 15.9. The van der Waals surface area contributed by atoms with Gasteiger partial charge in [0.25, 0.3) is 0 Å². The summed E-state index contributed by atoms with van der Waals surface area (Å²) < 4.78 is 10.4. The molecule has 1 N–H and O–H groups in total. The van der Waals surface area contributed by atoms with Crippen LogP contribution in [-0.2, 0) is 31.3 Å². The van der Waals surface area contributed by atoms with E-state index in [2.05, 4.69) is 73.2 Å². The normalized spacial score (nSPS) is 12.4. The molecule has 2 aromatic heterocycles. The molecular weight excluding hydrogens is 741 g/mol. The van der Waals surface area contributed by atoms with Gasteiger partial charge in [-0.05, 0) is 49.1 Å². The van der Waals surface area contributed by atoms with Crippen molar-refractivity contribution in [1.29, 1.82) is 0 Å². The van der Waals surface area contributed by atoms with Crippen LogP contribution in [0.15, 0.2) is 72.7 Å². The predicted molar refractivity (Wildman–Crippen MR) is 184 cm³/mol. The van der Waals surface area contributed by atoms with Crippen molar-refractivity contribution < 1.29 is 31.4 Å². The van der Waals surface area contributed by atoms with Crippen molar-refractivity contribution in [2.45, 2.75) is 80.6 Å². The second-order valence-electron chi connectivity index (χ2n) is 12.5. The summed E-state index contributed by atoms with van der Waals surface area (Å²) in [6.45, 7) is 14.8. The SMILES string of the molecule is CCC(CC)C(=O)/C=C(\O)C(CC)CC.[2H]c1nc(-c2[c-]c3ccccc3cc2)c2sc3cc(CC(C)(C)C)ccc3c2n1.[Ir]. The van der Waals surface area contributed by atoms with Crippen molar-refractivity contribution in [2.75, 3.05) is 0 Å². The van der Waals surface area contributed by atoms with E-state index in [9.17, 15) is 9.90 Å². The van der Waals surface area contributed by atoms with Crippen molar-refractivity contribution in [1.82, 2.24) is 9.97 Å². The zero-order valence-corrected chi connectivity index (χ0v) is 30.2. The van der Waals surface area contributed by atoms with Gasteiger partial charge in [-0.3, -0.25) is 9.78 Å². The Labute approximate surface area is 281 Å². The van der Waals surface area contributed by atoms with E-state index < -0.39 is 0 Å². The first-order valence-corrected chi connectivity index (χ1v) is 16.3. The number of fused-ring (bicyclic) bond motifs is 4. The van der Waals surface area contributed by atoms with Gasteiger partial charge in [-0.2, -0.15) is 0 Å². The largest absolute Gasteiger partial charge is 0.512 e. The molecule has 0 amide bonds. The molecule has 0 atom stereocenters. The fourth-order valence-corrected chi connectivity index (χ4v) is 6.72. The third-order valence-electron chi connectivity index (χ3n) is 8.00. The third kappa shape index (κ3) is 8.62. The zero-order chi connectivity index (χ0) is 32.0. The Morgan fingerprint density at radius 3 is 2.32 bits per heavy atom. The van der Waals surface area contributed by atoms with Gasteiger partial charge in [0.2, 0.25) is 0 Å². The van der Waals surface area contributed by atoms with Crippen molar-refractivity contribution in [3.63, 3.8) is 0 Å². The minimum Gasteiger partial charge on any atom is -0.512 e. The Bertz CT molecular complexity index is 1780. The molecule has 0 aliphatic rings. The number of hydrogen-bond acceptors (Lipinski definition) is 5. The maximum absolute atomic E-state index is 11.7. The fraction of sp³-hybridized carbons (Fsp3) is 0.395. The molecule has 0 bridgehead atoms. The molecule has 0 unspecified atom stereocenters. The number of aliphatic hydroxyl groups excluding tert-OH is 1. The Morgan fingerprint density at radius 2 is 1.66 bits per heavy atom. The molecule has 4 nitrogen and oxygen atoms in total. The molecule has 0 saturated heterocycles. The molecule has 0 aliphatic carbocycles. The summed E-state index contributed by atoms with van der Waals surface area (Å²) in [5, 5.41) is 13.1. The molecule has 2 heterocycles. The number of benzene rings is 3. The van der Waals surface area contributed by atoms with Crippen LogP contribution in [0, 0.1) is 23.3 Å². The van der Waals surface area contributed by atoms with Crippen LogP contribution in [0.3, 0.4) is 0 Å². The van der Waals surface area contributed by atoms with Crippen LogP contribution in [0.25, 0.3) is 42.3 Å². The summed E-state index contributed by atoms with van der Waals surface area (Å²) in [6.07, 6.45) is 5.98. The third-order valence-corrected chi connectivity index (χ3v) is 9.15. The van der Waals surface area contributed by atoms with Gasteiger partial charge < -0.3 is 5.11 Å². The van der Waals surface area contributed by atoms with E-state index in [0.29, 0.717) is 0 Å². The number of carbonyl (C=O) groups is 1. The summed E-state index contributed by atoms with van der Waals surface area (Å²) in [5.41, 5.74) is 4.14. The monoisotopic (exact) mass is 787 g/mol. The van der Waals surface area contributed by atoms with E-state index in [1.165, 1.54) is 16.3 Å². The zero-order valence-electron chi connectivity index (χ0n) is 28.0. The summed E-state index contributed by atoms with van der Waals surface area (Å²) in [6, 6.07) is 22.4. The molecule has 5 rings (SSSR count). The summed E-state index contributed by atoms with van der Waals surface area (Å²) in [4.78, 5) is 20.7. The Morgan fingerprint density at radius 1 is 0.977 bits per heavy atom. The molecule has 1 radical (unpaired) electrons. The Balaban J connectivity index is 0.000000297. The topological polar surface area (TPSA) is 63.1 Å². The van der Waals surface area contributed by atoms with Crippen LogP contribution in [0.5, 0.6) is 0 Å². The molecule has 3 aromatic carbocycles. The summed E-state index contributed by atoms with van der Waals surface area (Å²) in [5.74, 6) is 0.547. The number of allylic oxidation sites excluding steroid dienone is 2. The quantitative estimate of drug-likeness (QED) is 0.0918.